The van der Waals surface area contributed by atoms with Crippen molar-refractivity contribution in [3.8, 4) is 16.3 Å². The minimum Gasteiger partial charge on any atom is -0.449 e. The molecule has 16 heavy (non-hydrogen) atoms. The number of carbonyl (C=O) groups is 1. The van der Waals surface area contributed by atoms with Crippen LogP contribution in [0.5, 0.6) is 5.88 Å². The van der Waals surface area contributed by atoms with Gasteiger partial charge in [0.2, 0.25) is 5.88 Å². The van der Waals surface area contributed by atoms with Gasteiger partial charge in [-0.25, -0.2) is 4.79 Å². The van der Waals surface area contributed by atoms with Crippen LogP contribution in [0.3, 0.4) is 0 Å². The normalized spacial score (nSPS) is 10.1. The molecule has 0 atom stereocenters. The van der Waals surface area contributed by atoms with Crippen LogP contribution in [0.1, 0.15) is 0 Å². The van der Waals surface area contributed by atoms with Crippen LogP contribution in [0, 0.1) is 0 Å². The summed E-state index contributed by atoms with van der Waals surface area (Å²) in [7, 11) is 0. The number of benzene rings is 1. The van der Waals surface area contributed by atoms with Gasteiger partial charge < -0.3 is 9.84 Å². The Morgan fingerprint density at radius 3 is 2.69 bits per heavy atom. The maximum Gasteiger partial charge on any atom is 0.512 e. The molecule has 0 spiro atoms. The Labute approximate surface area is 100 Å². The number of rotatable bonds is 2. The van der Waals surface area contributed by atoms with E-state index in [0.717, 1.165) is 5.56 Å². The number of ether oxygens (including phenoxy) is 1. The molecule has 0 saturated carbocycles. The van der Waals surface area contributed by atoms with Gasteiger partial charge in [0.1, 0.15) is 4.88 Å². The molecule has 2 aromatic rings. The molecule has 0 radical (unpaired) electrons. The first-order valence-electron chi connectivity index (χ1n) is 4.29. The van der Waals surface area contributed by atoms with Gasteiger partial charge in [0.15, 0.2) is 4.47 Å². The summed E-state index contributed by atoms with van der Waals surface area (Å²) in [5.74, 6) is 0.0219. The maximum absolute atomic E-state index is 10.5. The first kappa shape index (κ1) is 10.9. The molecule has 0 bridgehead atoms. The lowest BCUT2D eigenvalue weighted by Gasteiger charge is -1.99. The first-order valence-corrected chi connectivity index (χ1v) is 5.49. The van der Waals surface area contributed by atoms with E-state index in [0.29, 0.717) is 4.88 Å². The Morgan fingerprint density at radius 1 is 1.38 bits per heavy atom. The summed E-state index contributed by atoms with van der Waals surface area (Å²) < 4.78 is 4.80. The standard InChI is InChI=1S/C10H6ClNO3S/c11-9-12-8(15-10(13)14)7(16-9)6-4-2-1-3-5-6/h1-5H,(H,13,14). The molecule has 4 nitrogen and oxygen atoms in total. The summed E-state index contributed by atoms with van der Waals surface area (Å²) in [6.07, 6.45) is -1.40. The van der Waals surface area contributed by atoms with Crippen molar-refractivity contribution in [2.45, 2.75) is 0 Å². The summed E-state index contributed by atoms with van der Waals surface area (Å²) in [6, 6.07) is 9.21. The highest BCUT2D eigenvalue weighted by molar-refractivity contribution is 7.19. The van der Waals surface area contributed by atoms with E-state index in [-0.39, 0.29) is 10.3 Å². The van der Waals surface area contributed by atoms with Gasteiger partial charge >= 0.3 is 6.16 Å². The van der Waals surface area contributed by atoms with Gasteiger partial charge in [-0.05, 0) is 5.56 Å². The molecule has 82 valence electrons. The molecule has 0 aliphatic carbocycles. The average Bonchev–Trinajstić information content (AvgIpc) is 2.60. The molecule has 0 unspecified atom stereocenters. The van der Waals surface area contributed by atoms with Crippen molar-refractivity contribution in [1.82, 2.24) is 4.98 Å². The fourth-order valence-electron chi connectivity index (χ4n) is 1.21. The second-order valence-electron chi connectivity index (χ2n) is 2.84. The lowest BCUT2D eigenvalue weighted by molar-refractivity contribution is 0.143. The lowest BCUT2D eigenvalue weighted by atomic mass is 10.2. The number of halogens is 1. The SMILES string of the molecule is O=C(O)Oc1nc(Cl)sc1-c1ccccc1. The van der Waals surface area contributed by atoms with Crippen molar-refractivity contribution >= 4 is 29.1 Å². The maximum atomic E-state index is 10.5. The monoisotopic (exact) mass is 255 g/mol. The number of hydrogen-bond donors (Lipinski definition) is 1. The first-order chi connectivity index (χ1) is 7.66. The summed E-state index contributed by atoms with van der Waals surface area (Å²) in [5, 5.41) is 8.55. The molecule has 6 heteroatoms. The quantitative estimate of drug-likeness (QED) is 0.834. The fraction of sp³-hybridized carbons (Fsp3) is 0. The van der Waals surface area contributed by atoms with Crippen LogP contribution < -0.4 is 4.74 Å². The zero-order valence-electron chi connectivity index (χ0n) is 7.88. The molecular formula is C10H6ClNO3S. The van der Waals surface area contributed by atoms with Gasteiger partial charge in [-0.15, -0.1) is 0 Å². The van der Waals surface area contributed by atoms with E-state index in [9.17, 15) is 4.79 Å². The molecule has 0 saturated heterocycles. The Balaban J connectivity index is 2.44. The molecule has 2 rings (SSSR count). The minimum atomic E-state index is -1.40. The van der Waals surface area contributed by atoms with E-state index in [1.165, 1.54) is 11.3 Å². The number of aromatic nitrogens is 1. The van der Waals surface area contributed by atoms with Crippen molar-refractivity contribution in [2.75, 3.05) is 0 Å². The van der Waals surface area contributed by atoms with Gasteiger partial charge in [-0.2, -0.15) is 4.98 Å². The predicted molar refractivity (Wildman–Crippen MR) is 61.2 cm³/mol. The molecule has 0 fully saturated rings. The summed E-state index contributed by atoms with van der Waals surface area (Å²) in [5.41, 5.74) is 0.822. The van der Waals surface area contributed by atoms with E-state index in [1.807, 2.05) is 30.3 Å². The average molecular weight is 256 g/mol. The third-order valence-electron chi connectivity index (χ3n) is 1.79. The van der Waals surface area contributed by atoms with E-state index in [2.05, 4.69) is 9.72 Å². The smallest absolute Gasteiger partial charge is 0.449 e. The van der Waals surface area contributed by atoms with Gasteiger partial charge in [0.05, 0.1) is 0 Å². The largest absolute Gasteiger partial charge is 0.512 e. The van der Waals surface area contributed by atoms with Crippen molar-refractivity contribution < 1.29 is 14.6 Å². The second kappa shape index (κ2) is 4.51. The Bertz CT molecular complexity index is 512. The second-order valence-corrected chi connectivity index (χ2v) is 4.42. The fourth-order valence-corrected chi connectivity index (χ4v) is 2.24. The van der Waals surface area contributed by atoms with Gasteiger partial charge in [0.25, 0.3) is 0 Å². The number of hydrogen-bond acceptors (Lipinski definition) is 4. The van der Waals surface area contributed by atoms with Crippen LogP contribution in [-0.4, -0.2) is 16.2 Å². The van der Waals surface area contributed by atoms with Gasteiger partial charge in [-0.3, -0.25) is 0 Å². The Morgan fingerprint density at radius 2 is 2.06 bits per heavy atom. The van der Waals surface area contributed by atoms with Gasteiger partial charge in [-0.1, -0.05) is 53.3 Å². The summed E-state index contributed by atoms with van der Waals surface area (Å²) >= 11 is 6.91. The highest BCUT2D eigenvalue weighted by Crippen LogP contribution is 2.37. The van der Waals surface area contributed by atoms with Crippen LogP contribution >= 0.6 is 22.9 Å². The van der Waals surface area contributed by atoms with E-state index >= 15 is 0 Å². The molecule has 0 aliphatic heterocycles. The van der Waals surface area contributed by atoms with E-state index < -0.39 is 6.16 Å². The topological polar surface area (TPSA) is 59.4 Å². The summed E-state index contributed by atoms with van der Waals surface area (Å²) in [6.45, 7) is 0. The highest BCUT2D eigenvalue weighted by atomic mass is 35.5. The summed E-state index contributed by atoms with van der Waals surface area (Å²) in [4.78, 5) is 14.9. The number of carboxylic acid groups (broad SMARTS) is 1. The third kappa shape index (κ3) is 2.32. The zero-order chi connectivity index (χ0) is 11.5. The third-order valence-corrected chi connectivity index (χ3v) is 2.98. The van der Waals surface area contributed by atoms with Crippen LogP contribution in [0.15, 0.2) is 30.3 Å². The Kier molecular flexibility index (Phi) is 3.07. The minimum absolute atomic E-state index is 0.0219. The zero-order valence-corrected chi connectivity index (χ0v) is 9.46. The van der Waals surface area contributed by atoms with E-state index in [1.54, 1.807) is 0 Å². The molecule has 0 amide bonds. The van der Waals surface area contributed by atoms with E-state index in [4.69, 9.17) is 16.7 Å². The van der Waals surface area contributed by atoms with Crippen LogP contribution in [0.4, 0.5) is 4.79 Å². The molecule has 0 aliphatic rings. The van der Waals surface area contributed by atoms with Crippen molar-refractivity contribution in [3.05, 3.63) is 34.8 Å². The number of thiazole rings is 1. The van der Waals surface area contributed by atoms with Crippen LogP contribution in [-0.2, 0) is 0 Å². The van der Waals surface area contributed by atoms with Crippen molar-refractivity contribution in [1.29, 1.82) is 0 Å². The van der Waals surface area contributed by atoms with Gasteiger partial charge in [0, 0.05) is 0 Å². The molecule has 1 heterocycles. The van der Waals surface area contributed by atoms with Crippen molar-refractivity contribution in [3.63, 3.8) is 0 Å². The Hall–Kier alpha value is -1.59. The van der Waals surface area contributed by atoms with Crippen LogP contribution in [0.25, 0.3) is 10.4 Å². The molecular weight excluding hydrogens is 250 g/mol. The van der Waals surface area contributed by atoms with Crippen LogP contribution in [0.2, 0.25) is 4.47 Å². The number of nitrogens with zero attached hydrogens (tertiary/aromatic N) is 1. The highest BCUT2D eigenvalue weighted by Gasteiger charge is 2.15. The lowest BCUT2D eigenvalue weighted by Crippen LogP contribution is -2.03. The molecule has 1 aromatic heterocycles. The van der Waals surface area contributed by atoms with Crippen molar-refractivity contribution in [2.24, 2.45) is 0 Å². The molecule has 1 N–H and O–H groups in total. The predicted octanol–water partition coefficient (Wildman–Crippen LogP) is 3.52. The molecule has 1 aromatic carbocycles.